The summed E-state index contributed by atoms with van der Waals surface area (Å²) < 4.78 is 0. The molecule has 20 heavy (non-hydrogen) atoms. The molecular weight excluding hydrogens is 237 g/mol. The van der Waals surface area contributed by atoms with E-state index in [0.29, 0.717) is 0 Å². The molecule has 0 rings (SSSR count). The Kier molecular flexibility index (Phi) is 17.6. The zero-order valence-corrected chi connectivity index (χ0v) is 14.5. The van der Waals surface area contributed by atoms with Crippen molar-refractivity contribution in [3.63, 3.8) is 0 Å². The van der Waals surface area contributed by atoms with Gasteiger partial charge in [-0.2, -0.15) is 0 Å². The minimum atomic E-state index is 1.16. The summed E-state index contributed by atoms with van der Waals surface area (Å²) in [6.07, 6.45) is 18.6. The van der Waals surface area contributed by atoms with Gasteiger partial charge < -0.3 is 0 Å². The van der Waals surface area contributed by atoms with Gasteiger partial charge in [-0.25, -0.2) is 0 Å². The third-order valence-corrected chi connectivity index (χ3v) is 3.92. The van der Waals surface area contributed by atoms with Crippen LogP contribution >= 0.6 is 0 Å². The second-order valence-electron chi connectivity index (χ2n) is 6.01. The van der Waals surface area contributed by atoms with Gasteiger partial charge in [-0.15, -0.1) is 0 Å². The van der Waals surface area contributed by atoms with Crippen LogP contribution in [0.25, 0.3) is 0 Å². The van der Waals surface area contributed by atoms with Crippen LogP contribution in [0.4, 0.5) is 0 Å². The summed E-state index contributed by atoms with van der Waals surface area (Å²) in [5, 5.41) is 1.17. The zero-order chi connectivity index (χ0) is 14.9. The topological polar surface area (TPSA) is 3.24 Å². The van der Waals surface area contributed by atoms with Gasteiger partial charge in [0.25, 0.3) is 0 Å². The molecule has 0 N–H and O–H groups in total. The van der Waals surface area contributed by atoms with Gasteiger partial charge in [0.1, 0.15) is 0 Å². The Morgan fingerprint density at radius 1 is 0.700 bits per heavy atom. The summed E-state index contributed by atoms with van der Waals surface area (Å²) in [7, 11) is 0. The van der Waals surface area contributed by atoms with Crippen molar-refractivity contribution in [2.45, 2.75) is 83.1 Å². The second-order valence-corrected chi connectivity index (χ2v) is 6.01. The van der Waals surface area contributed by atoms with Crippen LogP contribution in [0.3, 0.4) is 0 Å². The second kappa shape index (κ2) is 17.3. The molecule has 0 aliphatic heterocycles. The van der Waals surface area contributed by atoms with Gasteiger partial charge in [0, 0.05) is 0 Å². The van der Waals surface area contributed by atoms with Crippen molar-refractivity contribution < 1.29 is 0 Å². The van der Waals surface area contributed by atoms with Gasteiger partial charge in [0.2, 0.25) is 0 Å². The first-order valence-corrected chi connectivity index (χ1v) is 9.22. The zero-order valence-electron chi connectivity index (χ0n) is 14.5. The number of nitrogens with zero attached hydrogens (tertiary/aromatic N) is 1. The number of hydrogen-bond acceptors (Lipinski definition) is 1. The first-order valence-electron chi connectivity index (χ1n) is 9.22. The van der Waals surface area contributed by atoms with Crippen LogP contribution in [-0.4, -0.2) is 42.2 Å². The fourth-order valence-electron chi connectivity index (χ4n) is 2.56. The number of allylic oxidation sites excluding steroid dienone is 1. The van der Waals surface area contributed by atoms with Crippen molar-refractivity contribution in [1.29, 1.82) is 0 Å². The van der Waals surface area contributed by atoms with E-state index in [0.717, 1.165) is 6.54 Å². The molecule has 0 aromatic carbocycles. The Morgan fingerprint density at radius 2 is 1.20 bits per heavy atom. The number of unbranched alkanes of at least 4 members (excludes halogenated alkanes) is 8. The van der Waals surface area contributed by atoms with E-state index in [1.165, 1.54) is 82.4 Å². The van der Waals surface area contributed by atoms with Crippen LogP contribution in [0.2, 0.25) is 5.09 Å². The first kappa shape index (κ1) is 20.3. The predicted octanol–water partition coefficient (Wildman–Crippen LogP) is 5.37. The molecule has 1 nitrogen and oxygen atoms in total. The van der Waals surface area contributed by atoms with Crippen LogP contribution in [0.1, 0.15) is 78.1 Å². The molecule has 0 fully saturated rings. The van der Waals surface area contributed by atoms with E-state index >= 15 is 0 Å². The maximum absolute atomic E-state index is 2.66. The molecule has 0 aromatic rings. The van der Waals surface area contributed by atoms with Gasteiger partial charge in [0.15, 0.2) is 0 Å². The quantitative estimate of drug-likeness (QED) is 0.220. The van der Waals surface area contributed by atoms with Crippen molar-refractivity contribution in [2.24, 2.45) is 0 Å². The third kappa shape index (κ3) is 14.7. The Labute approximate surface area is 137 Å². The van der Waals surface area contributed by atoms with Gasteiger partial charge in [-0.1, -0.05) is 0 Å². The molecular formula is C18H36LiN. The number of hydrogen-bond donors (Lipinski definition) is 0. The molecule has 2 heteroatoms. The van der Waals surface area contributed by atoms with E-state index < -0.39 is 0 Å². The van der Waals surface area contributed by atoms with Crippen LogP contribution in [0.15, 0.2) is 12.2 Å². The van der Waals surface area contributed by atoms with Crippen molar-refractivity contribution in [2.75, 3.05) is 19.6 Å². The Morgan fingerprint density at radius 3 is 1.65 bits per heavy atom. The van der Waals surface area contributed by atoms with Crippen molar-refractivity contribution in [1.82, 2.24) is 4.90 Å². The third-order valence-electron chi connectivity index (χ3n) is 3.92. The van der Waals surface area contributed by atoms with Gasteiger partial charge in [-0.3, -0.25) is 0 Å². The molecule has 0 radical (unpaired) electrons. The van der Waals surface area contributed by atoms with E-state index in [-0.39, 0.29) is 0 Å². The molecule has 0 unspecified atom stereocenters. The monoisotopic (exact) mass is 273 g/mol. The average molecular weight is 273 g/mol. The number of rotatable bonds is 15. The van der Waals surface area contributed by atoms with E-state index in [1.807, 2.05) is 0 Å². The van der Waals surface area contributed by atoms with E-state index in [2.05, 4.69) is 48.6 Å². The molecule has 0 saturated heterocycles. The molecule has 0 amide bonds. The van der Waals surface area contributed by atoms with Gasteiger partial charge in [0.05, 0.1) is 0 Å². The molecule has 0 aliphatic rings. The summed E-state index contributed by atoms with van der Waals surface area (Å²) in [5.41, 5.74) is 0. The van der Waals surface area contributed by atoms with E-state index in [9.17, 15) is 0 Å². The minimum absolute atomic E-state index is 1.16. The molecule has 0 bridgehead atoms. The molecule has 0 aromatic heterocycles. The van der Waals surface area contributed by atoms with E-state index in [4.69, 9.17) is 0 Å². The summed E-state index contributed by atoms with van der Waals surface area (Å²) >= 11 is 2.22. The van der Waals surface area contributed by atoms with E-state index in [1.54, 1.807) is 0 Å². The Bertz CT molecular complexity index is 190. The summed E-state index contributed by atoms with van der Waals surface area (Å²) in [5.74, 6) is 0. The fraction of sp³-hybridized carbons (Fsp3) is 0.889. The summed E-state index contributed by atoms with van der Waals surface area (Å²) in [6.45, 7) is 8.34. The summed E-state index contributed by atoms with van der Waals surface area (Å²) in [6, 6.07) is 0. The van der Waals surface area contributed by atoms with Gasteiger partial charge >= 0.3 is 138 Å². The molecule has 0 atom stereocenters. The molecule has 0 saturated carbocycles. The average Bonchev–Trinajstić information content (AvgIpc) is 2.46. The van der Waals surface area contributed by atoms with Crippen molar-refractivity contribution >= 4 is 17.7 Å². The van der Waals surface area contributed by atoms with Crippen LogP contribution in [0.5, 0.6) is 0 Å². The Hall–Kier alpha value is 0.297. The Balaban J connectivity index is 3.73. The van der Waals surface area contributed by atoms with Crippen LogP contribution in [-0.2, 0) is 0 Å². The first-order chi connectivity index (χ1) is 9.85. The molecule has 114 valence electrons. The molecule has 0 spiro atoms. The SMILES string of the molecule is [Li][CH2]C=CCN(CCCCCCC)CCCCCCC. The maximum atomic E-state index is 2.66. The normalized spacial score (nSPS) is 11.8. The van der Waals surface area contributed by atoms with Crippen molar-refractivity contribution in [3.8, 4) is 0 Å². The predicted molar refractivity (Wildman–Crippen MR) is 93.7 cm³/mol. The van der Waals surface area contributed by atoms with Crippen LogP contribution < -0.4 is 0 Å². The fourth-order valence-corrected chi connectivity index (χ4v) is 2.56. The molecule has 0 heterocycles. The summed E-state index contributed by atoms with van der Waals surface area (Å²) in [4.78, 5) is 2.66. The van der Waals surface area contributed by atoms with Crippen LogP contribution in [0, 0.1) is 0 Å². The van der Waals surface area contributed by atoms with Crippen molar-refractivity contribution in [3.05, 3.63) is 12.2 Å². The molecule has 0 aliphatic carbocycles. The standard InChI is InChI=1S/C18H36N.Li/c1-4-7-10-12-14-17-19(16-9-6-3)18-15-13-11-8-5-2;/h6,9H,3-5,7-8,10-18H2,1-2H3;. The van der Waals surface area contributed by atoms with Gasteiger partial charge in [-0.05, 0) is 0 Å².